The molecule has 2 heterocycles. The number of carbonyl (C=O) groups is 2. The Morgan fingerprint density at radius 1 is 1.42 bits per heavy atom. The maximum atomic E-state index is 12.3. The molecule has 0 bridgehead atoms. The van der Waals surface area contributed by atoms with Crippen LogP contribution in [0.15, 0.2) is 57.4 Å². The van der Waals surface area contributed by atoms with Crippen LogP contribution in [0, 0.1) is 11.3 Å². The smallest absolute Gasteiger partial charge is 0.374 e. The molecular formula is C21H22O5. The highest BCUT2D eigenvalue weighted by molar-refractivity contribution is 5.95. The van der Waals surface area contributed by atoms with Crippen molar-refractivity contribution in [3.8, 4) is 0 Å². The van der Waals surface area contributed by atoms with Crippen molar-refractivity contribution in [2.24, 2.45) is 11.3 Å². The van der Waals surface area contributed by atoms with Crippen LogP contribution in [0.2, 0.25) is 0 Å². The topological polar surface area (TPSA) is 65.7 Å². The molecule has 0 N–H and O–H groups in total. The van der Waals surface area contributed by atoms with Crippen molar-refractivity contribution in [3.63, 3.8) is 0 Å². The standard InChI is InChI=1S/C21H22O5/c1-4-14-15-11-21(3)12(2)16(25-20(23)17-6-5-9-24-17)8-7-13(21)10-18(15)26-19(14)22/h5-7,9-10,12,16H,4,8,11H2,1-3H3/t12-,16-,21+/m0/s1. The van der Waals surface area contributed by atoms with E-state index >= 15 is 0 Å². The van der Waals surface area contributed by atoms with Crippen LogP contribution in [0.3, 0.4) is 0 Å². The number of hydrogen-bond acceptors (Lipinski definition) is 5. The molecule has 0 fully saturated rings. The molecule has 0 radical (unpaired) electrons. The molecule has 0 unspecified atom stereocenters. The van der Waals surface area contributed by atoms with Crippen LogP contribution in [0.25, 0.3) is 0 Å². The average Bonchev–Trinajstić information content (AvgIpc) is 3.24. The van der Waals surface area contributed by atoms with E-state index in [0.29, 0.717) is 18.6 Å². The highest BCUT2D eigenvalue weighted by Gasteiger charge is 2.48. The summed E-state index contributed by atoms with van der Waals surface area (Å²) in [5.41, 5.74) is 2.71. The Balaban J connectivity index is 1.63. The van der Waals surface area contributed by atoms with Gasteiger partial charge in [-0.1, -0.05) is 26.8 Å². The number of ether oxygens (including phenoxy) is 2. The molecule has 26 heavy (non-hydrogen) atoms. The van der Waals surface area contributed by atoms with Crippen molar-refractivity contribution in [1.29, 1.82) is 0 Å². The zero-order valence-corrected chi connectivity index (χ0v) is 15.2. The molecule has 5 heteroatoms. The Morgan fingerprint density at radius 2 is 2.23 bits per heavy atom. The van der Waals surface area contributed by atoms with Crippen molar-refractivity contribution in [2.75, 3.05) is 0 Å². The van der Waals surface area contributed by atoms with Gasteiger partial charge in [-0.3, -0.25) is 0 Å². The quantitative estimate of drug-likeness (QED) is 0.756. The van der Waals surface area contributed by atoms with Gasteiger partial charge < -0.3 is 13.9 Å². The molecule has 1 aliphatic heterocycles. The molecule has 1 aromatic heterocycles. The Labute approximate surface area is 152 Å². The summed E-state index contributed by atoms with van der Waals surface area (Å²) in [7, 11) is 0. The van der Waals surface area contributed by atoms with Crippen molar-refractivity contribution < 1.29 is 23.5 Å². The van der Waals surface area contributed by atoms with Gasteiger partial charge in [-0.05, 0) is 36.6 Å². The van der Waals surface area contributed by atoms with Crippen LogP contribution in [-0.4, -0.2) is 18.0 Å². The molecule has 1 aromatic rings. The largest absolute Gasteiger partial charge is 0.457 e. The molecule has 0 spiro atoms. The highest BCUT2D eigenvalue weighted by atomic mass is 16.6. The lowest BCUT2D eigenvalue weighted by Gasteiger charge is -2.46. The second kappa shape index (κ2) is 6.01. The van der Waals surface area contributed by atoms with Crippen molar-refractivity contribution >= 4 is 11.9 Å². The number of allylic oxidation sites excluding steroid dienone is 3. The van der Waals surface area contributed by atoms with E-state index in [4.69, 9.17) is 13.9 Å². The molecule has 2 aliphatic carbocycles. The molecule has 4 rings (SSSR count). The number of rotatable bonds is 3. The van der Waals surface area contributed by atoms with E-state index in [1.165, 1.54) is 6.26 Å². The first-order valence-electron chi connectivity index (χ1n) is 9.05. The van der Waals surface area contributed by atoms with Crippen LogP contribution in [0.1, 0.15) is 50.6 Å². The monoisotopic (exact) mass is 354 g/mol. The van der Waals surface area contributed by atoms with Crippen LogP contribution < -0.4 is 0 Å². The predicted molar refractivity (Wildman–Crippen MR) is 94.0 cm³/mol. The van der Waals surface area contributed by atoms with E-state index in [1.54, 1.807) is 12.1 Å². The molecule has 5 nitrogen and oxygen atoms in total. The van der Waals surface area contributed by atoms with E-state index in [2.05, 4.69) is 19.9 Å². The third kappa shape index (κ3) is 2.45. The first-order valence-corrected chi connectivity index (χ1v) is 9.05. The van der Waals surface area contributed by atoms with Gasteiger partial charge in [0.1, 0.15) is 11.9 Å². The van der Waals surface area contributed by atoms with Gasteiger partial charge in [0, 0.05) is 28.9 Å². The zero-order chi connectivity index (χ0) is 18.5. The van der Waals surface area contributed by atoms with Gasteiger partial charge >= 0.3 is 11.9 Å². The first-order chi connectivity index (χ1) is 12.4. The van der Waals surface area contributed by atoms with E-state index in [0.717, 1.165) is 23.1 Å². The molecule has 0 saturated heterocycles. The summed E-state index contributed by atoms with van der Waals surface area (Å²) in [4.78, 5) is 24.4. The van der Waals surface area contributed by atoms with Gasteiger partial charge in [0.05, 0.1) is 6.26 Å². The minimum absolute atomic E-state index is 0.0977. The van der Waals surface area contributed by atoms with E-state index < -0.39 is 5.97 Å². The molecule has 0 aromatic carbocycles. The summed E-state index contributed by atoms with van der Waals surface area (Å²) in [5.74, 6) is 0.334. The zero-order valence-electron chi connectivity index (χ0n) is 15.2. The number of carbonyl (C=O) groups excluding carboxylic acids is 2. The summed E-state index contributed by atoms with van der Waals surface area (Å²) >= 11 is 0. The number of fused-ring (bicyclic) bond motifs is 2. The second-order valence-electron chi connectivity index (χ2n) is 7.41. The maximum absolute atomic E-state index is 12.3. The van der Waals surface area contributed by atoms with Gasteiger partial charge in [0.15, 0.2) is 0 Å². The summed E-state index contributed by atoms with van der Waals surface area (Å²) < 4.78 is 16.3. The van der Waals surface area contributed by atoms with Gasteiger partial charge in [-0.25, -0.2) is 9.59 Å². The maximum Gasteiger partial charge on any atom is 0.374 e. The van der Waals surface area contributed by atoms with Crippen LogP contribution >= 0.6 is 0 Å². The molecule has 0 saturated carbocycles. The van der Waals surface area contributed by atoms with Crippen molar-refractivity contribution in [1.82, 2.24) is 0 Å². The summed E-state index contributed by atoms with van der Waals surface area (Å²) in [6.45, 7) is 6.25. The Kier molecular flexibility index (Phi) is 3.90. The number of furan rings is 1. The fourth-order valence-electron chi connectivity index (χ4n) is 4.25. The van der Waals surface area contributed by atoms with Gasteiger partial charge in [0.25, 0.3) is 0 Å². The van der Waals surface area contributed by atoms with Gasteiger partial charge in [-0.2, -0.15) is 0 Å². The summed E-state index contributed by atoms with van der Waals surface area (Å²) in [6.07, 6.45) is 7.32. The SMILES string of the molecule is CCC1=C2C[C@@]3(C)C(=CC[C@H](OC(=O)c4ccco4)[C@@H]3C)C=C2OC1=O. The Bertz CT molecular complexity index is 855. The summed E-state index contributed by atoms with van der Waals surface area (Å²) in [5, 5.41) is 0. The molecule has 3 aliphatic rings. The minimum atomic E-state index is -0.438. The Morgan fingerprint density at radius 3 is 2.92 bits per heavy atom. The molecule has 136 valence electrons. The van der Waals surface area contributed by atoms with Crippen LogP contribution in [0.4, 0.5) is 0 Å². The molecule has 0 amide bonds. The normalized spacial score (nSPS) is 30.2. The van der Waals surface area contributed by atoms with Gasteiger partial charge in [0.2, 0.25) is 5.76 Å². The number of hydrogen-bond donors (Lipinski definition) is 0. The third-order valence-electron chi connectivity index (χ3n) is 6.07. The number of esters is 2. The van der Waals surface area contributed by atoms with Crippen LogP contribution in [0.5, 0.6) is 0 Å². The fourth-order valence-corrected chi connectivity index (χ4v) is 4.25. The molecular weight excluding hydrogens is 332 g/mol. The van der Waals surface area contributed by atoms with E-state index in [1.807, 2.05) is 13.0 Å². The van der Waals surface area contributed by atoms with Gasteiger partial charge in [-0.15, -0.1) is 0 Å². The van der Waals surface area contributed by atoms with Crippen molar-refractivity contribution in [3.05, 3.63) is 58.8 Å². The summed E-state index contributed by atoms with van der Waals surface area (Å²) in [6, 6.07) is 3.28. The van der Waals surface area contributed by atoms with Crippen LogP contribution in [-0.2, 0) is 14.3 Å². The lowest BCUT2D eigenvalue weighted by molar-refractivity contribution is -0.133. The van der Waals surface area contributed by atoms with E-state index in [-0.39, 0.29) is 29.2 Å². The predicted octanol–water partition coefficient (Wildman–Crippen LogP) is 4.33. The minimum Gasteiger partial charge on any atom is -0.457 e. The Hall–Kier alpha value is -2.56. The third-order valence-corrected chi connectivity index (χ3v) is 6.07. The first kappa shape index (κ1) is 16.9. The van der Waals surface area contributed by atoms with Crippen molar-refractivity contribution in [2.45, 2.75) is 46.1 Å². The lowest BCUT2D eigenvalue weighted by atomic mass is 9.60. The lowest BCUT2D eigenvalue weighted by Crippen LogP contribution is -2.42. The molecule has 3 atom stereocenters. The highest BCUT2D eigenvalue weighted by Crippen LogP contribution is 2.54. The average molecular weight is 354 g/mol. The van der Waals surface area contributed by atoms with E-state index in [9.17, 15) is 9.59 Å². The second-order valence-corrected chi connectivity index (χ2v) is 7.41. The fraction of sp³-hybridized carbons (Fsp3) is 0.429.